The summed E-state index contributed by atoms with van der Waals surface area (Å²) in [6, 6.07) is 49.8. The summed E-state index contributed by atoms with van der Waals surface area (Å²) in [6.07, 6.45) is 0. The Hall–Kier alpha value is -6.20. The van der Waals surface area contributed by atoms with Crippen molar-refractivity contribution in [1.82, 2.24) is 4.57 Å². The Morgan fingerprint density at radius 3 is 1.76 bits per heavy atom. The Morgan fingerprint density at radius 2 is 1.09 bits per heavy atom. The molecule has 7 heterocycles. The molecule has 1 unspecified atom stereocenters. The first kappa shape index (κ1) is 23.2. The highest BCUT2D eigenvalue weighted by Crippen LogP contribution is 2.58. The number of pyridine rings is 2. The van der Waals surface area contributed by atoms with Crippen molar-refractivity contribution >= 4 is 21.8 Å². The normalized spacial score (nSPS) is 16.7. The Morgan fingerprint density at radius 1 is 0.478 bits per heavy atom. The van der Waals surface area contributed by atoms with Crippen LogP contribution < -0.4 is 18.6 Å². The number of ether oxygens (including phenoxy) is 2. The molecule has 12 rings (SSSR count). The molecule has 1 spiro atoms. The Kier molecular flexibility index (Phi) is 3.89. The van der Waals surface area contributed by atoms with Crippen molar-refractivity contribution in [2.24, 2.45) is 0 Å². The molecule has 4 aliphatic heterocycles. The standard InChI is InChI=1S/C41H23N3O2/c1-3-10-24(11-4-1)26-20-32-33-21-27(25-12-5-2-6-13-25)23-37-44(33)41-38-31(16-9-17-34(38)45-36(22-26)43(32)41)42-30-15-8-7-14-28(30)29-18-19-35(46-37)39(41)40(29)42/h1-23H/q+2. The molecule has 5 nitrogen and oxygen atoms in total. The smallest absolute Gasteiger partial charge is 0.404 e. The number of aromatic nitrogens is 3. The monoisotopic (exact) mass is 589 g/mol. The summed E-state index contributed by atoms with van der Waals surface area (Å²) in [5.74, 6) is 3.35. The van der Waals surface area contributed by atoms with Crippen LogP contribution in [0.3, 0.4) is 0 Å². The minimum absolute atomic E-state index is 0.735. The molecule has 3 aromatic heterocycles. The molecule has 4 aliphatic rings. The van der Waals surface area contributed by atoms with Crippen LogP contribution in [-0.2, 0) is 5.66 Å². The third-order valence-electron chi connectivity index (χ3n) is 10.4. The van der Waals surface area contributed by atoms with Crippen molar-refractivity contribution < 1.29 is 18.6 Å². The molecule has 0 radical (unpaired) electrons. The lowest BCUT2D eigenvalue weighted by molar-refractivity contribution is -0.943. The van der Waals surface area contributed by atoms with Gasteiger partial charge in [0.15, 0.2) is 22.6 Å². The van der Waals surface area contributed by atoms with Crippen molar-refractivity contribution in [3.63, 3.8) is 0 Å². The van der Waals surface area contributed by atoms with E-state index in [1.807, 2.05) is 0 Å². The van der Waals surface area contributed by atoms with Crippen LogP contribution >= 0.6 is 0 Å². The van der Waals surface area contributed by atoms with Gasteiger partial charge in [0.2, 0.25) is 0 Å². The predicted molar refractivity (Wildman–Crippen MR) is 176 cm³/mol. The van der Waals surface area contributed by atoms with Crippen LogP contribution in [-0.4, -0.2) is 4.57 Å². The summed E-state index contributed by atoms with van der Waals surface area (Å²) >= 11 is 0. The minimum Gasteiger partial charge on any atom is -0.404 e. The first-order valence-corrected chi connectivity index (χ1v) is 15.7. The summed E-state index contributed by atoms with van der Waals surface area (Å²) in [4.78, 5) is 0. The number of nitrogens with zero attached hydrogens (tertiary/aromatic N) is 3. The molecule has 0 N–H and O–H groups in total. The van der Waals surface area contributed by atoms with Crippen molar-refractivity contribution in [2.75, 3.05) is 0 Å². The van der Waals surface area contributed by atoms with Crippen LogP contribution in [0.2, 0.25) is 0 Å². The van der Waals surface area contributed by atoms with E-state index in [2.05, 4.69) is 153 Å². The number of para-hydroxylation sites is 1. The fourth-order valence-electron chi connectivity index (χ4n) is 8.68. The van der Waals surface area contributed by atoms with Crippen molar-refractivity contribution in [3.05, 3.63) is 151 Å². The Bertz CT molecular complexity index is 2600. The van der Waals surface area contributed by atoms with Gasteiger partial charge in [-0.25, -0.2) is 0 Å². The highest BCUT2D eigenvalue weighted by Gasteiger charge is 2.74. The molecule has 5 heteroatoms. The highest BCUT2D eigenvalue weighted by molar-refractivity contribution is 6.12. The lowest BCUT2D eigenvalue weighted by atomic mass is 9.82. The van der Waals surface area contributed by atoms with Crippen LogP contribution in [0.4, 0.5) is 0 Å². The maximum atomic E-state index is 7.00. The summed E-state index contributed by atoms with van der Waals surface area (Å²) in [5.41, 5.74) is 11.7. The van der Waals surface area contributed by atoms with Gasteiger partial charge in [-0.15, -0.1) is 0 Å². The predicted octanol–water partition coefficient (Wildman–Crippen LogP) is 8.50. The topological polar surface area (TPSA) is 31.2 Å². The van der Waals surface area contributed by atoms with Gasteiger partial charge in [0.25, 0.3) is 11.4 Å². The SMILES string of the molecule is c1ccc(-c2cc3[n+]4c(c2)-c2cc(-c5ccccc5)cc5[n+]2C42c4c(cccc4-n4c6ccccc6c6ccc(c2c64)O5)O3)cc1. The van der Waals surface area contributed by atoms with Gasteiger partial charge in [0, 0.05) is 22.9 Å². The molecule has 5 aromatic carbocycles. The zero-order valence-corrected chi connectivity index (χ0v) is 24.4. The van der Waals surface area contributed by atoms with E-state index in [9.17, 15) is 0 Å². The van der Waals surface area contributed by atoms with Gasteiger partial charge >= 0.3 is 17.4 Å². The van der Waals surface area contributed by atoms with Gasteiger partial charge in [-0.3, -0.25) is 0 Å². The second kappa shape index (κ2) is 7.71. The fourth-order valence-corrected chi connectivity index (χ4v) is 8.68. The molecule has 0 saturated heterocycles. The molecule has 212 valence electrons. The molecule has 1 atom stereocenters. The van der Waals surface area contributed by atoms with E-state index >= 15 is 0 Å². The molecule has 46 heavy (non-hydrogen) atoms. The third kappa shape index (κ3) is 2.48. The largest absolute Gasteiger partial charge is 0.433 e. The van der Waals surface area contributed by atoms with E-state index < -0.39 is 5.66 Å². The molecule has 0 aliphatic carbocycles. The van der Waals surface area contributed by atoms with E-state index in [0.29, 0.717) is 0 Å². The Labute approximate surface area is 263 Å². The lowest BCUT2D eigenvalue weighted by Crippen LogP contribution is -2.74. The Balaban J connectivity index is 1.32. The van der Waals surface area contributed by atoms with Gasteiger partial charge in [0.1, 0.15) is 0 Å². The quantitative estimate of drug-likeness (QED) is 0.189. The zero-order chi connectivity index (χ0) is 29.7. The number of hydrogen-bond donors (Lipinski definition) is 0. The van der Waals surface area contributed by atoms with E-state index in [1.54, 1.807) is 0 Å². The van der Waals surface area contributed by atoms with Gasteiger partial charge in [0.05, 0.1) is 28.9 Å². The van der Waals surface area contributed by atoms with E-state index in [1.165, 1.54) is 21.8 Å². The summed E-state index contributed by atoms with van der Waals surface area (Å²) in [5, 5.41) is 2.45. The van der Waals surface area contributed by atoms with Gasteiger partial charge in [-0.05, 0) is 52.6 Å². The van der Waals surface area contributed by atoms with Crippen LogP contribution in [0.5, 0.6) is 23.3 Å². The lowest BCUT2D eigenvalue weighted by Gasteiger charge is -2.35. The highest BCUT2D eigenvalue weighted by atomic mass is 16.5. The number of rotatable bonds is 2. The third-order valence-corrected chi connectivity index (χ3v) is 10.4. The second-order valence-corrected chi connectivity index (χ2v) is 12.6. The van der Waals surface area contributed by atoms with Crippen molar-refractivity contribution in [3.8, 4) is 62.6 Å². The summed E-state index contributed by atoms with van der Waals surface area (Å²) < 4.78 is 21.3. The molecular formula is C41H23N3O2+2. The molecule has 0 fully saturated rings. The molecule has 8 aromatic rings. The fraction of sp³-hybridized carbons (Fsp3) is 0.0244. The van der Waals surface area contributed by atoms with Crippen LogP contribution in [0.1, 0.15) is 11.1 Å². The van der Waals surface area contributed by atoms with Crippen molar-refractivity contribution in [1.29, 1.82) is 0 Å². The maximum absolute atomic E-state index is 7.00. The first-order chi connectivity index (χ1) is 22.8. The van der Waals surface area contributed by atoms with Crippen LogP contribution in [0.25, 0.3) is 61.1 Å². The number of benzene rings is 5. The zero-order valence-electron chi connectivity index (χ0n) is 24.4. The number of hydrogen-bond acceptors (Lipinski definition) is 2. The van der Waals surface area contributed by atoms with E-state index in [0.717, 1.165) is 73.7 Å². The maximum Gasteiger partial charge on any atom is 0.433 e. The van der Waals surface area contributed by atoms with Crippen LogP contribution in [0, 0.1) is 0 Å². The molecule has 0 saturated carbocycles. The number of fused-ring (bicyclic) bond motifs is 5. The molecular weight excluding hydrogens is 566 g/mol. The summed E-state index contributed by atoms with van der Waals surface area (Å²) in [6.45, 7) is 0. The average Bonchev–Trinajstić information content (AvgIpc) is 3.61. The molecule has 0 bridgehead atoms. The summed E-state index contributed by atoms with van der Waals surface area (Å²) in [7, 11) is 0. The minimum atomic E-state index is -0.735. The first-order valence-electron chi connectivity index (χ1n) is 15.7. The van der Waals surface area contributed by atoms with Crippen molar-refractivity contribution in [2.45, 2.75) is 5.66 Å². The molecule has 0 amide bonds. The average molecular weight is 590 g/mol. The van der Waals surface area contributed by atoms with Gasteiger partial charge in [-0.1, -0.05) is 94.1 Å². The van der Waals surface area contributed by atoms with E-state index in [4.69, 9.17) is 9.47 Å². The van der Waals surface area contributed by atoms with Gasteiger partial charge < -0.3 is 14.0 Å². The van der Waals surface area contributed by atoms with Crippen LogP contribution in [0.15, 0.2) is 140 Å². The second-order valence-electron chi connectivity index (χ2n) is 12.6. The van der Waals surface area contributed by atoms with Gasteiger partial charge in [-0.2, -0.15) is 0 Å². The van der Waals surface area contributed by atoms with E-state index in [-0.39, 0.29) is 0 Å².